The molecule has 1 aromatic heterocycles. The Morgan fingerprint density at radius 1 is 1.62 bits per heavy atom. The minimum atomic E-state index is 0.204. The maximum atomic E-state index is 6.23. The van der Waals surface area contributed by atoms with Crippen molar-refractivity contribution in [3.05, 3.63) is 22.4 Å². The summed E-state index contributed by atoms with van der Waals surface area (Å²) >= 11 is 1.77. The Hall–Kier alpha value is -0.380. The van der Waals surface area contributed by atoms with Crippen LogP contribution in [0.2, 0.25) is 0 Å². The van der Waals surface area contributed by atoms with Crippen molar-refractivity contribution in [2.24, 2.45) is 11.7 Å². The van der Waals surface area contributed by atoms with Crippen molar-refractivity contribution < 1.29 is 0 Å². The fraction of sp³-hybridized carbons (Fsp3) is 0.692. The van der Waals surface area contributed by atoms with Crippen LogP contribution in [-0.4, -0.2) is 24.5 Å². The van der Waals surface area contributed by atoms with E-state index in [2.05, 4.69) is 29.3 Å². The molecule has 1 aromatic rings. The number of thiophene rings is 1. The maximum absolute atomic E-state index is 6.23. The summed E-state index contributed by atoms with van der Waals surface area (Å²) in [4.78, 5) is 3.86. The van der Waals surface area contributed by atoms with Gasteiger partial charge in [0.25, 0.3) is 0 Å². The highest BCUT2D eigenvalue weighted by molar-refractivity contribution is 7.10. The molecule has 2 nitrogen and oxygen atoms in total. The minimum absolute atomic E-state index is 0.204. The van der Waals surface area contributed by atoms with Gasteiger partial charge in [0, 0.05) is 18.0 Å². The number of rotatable bonds is 4. The Bertz CT molecular complexity index is 297. The van der Waals surface area contributed by atoms with Crippen molar-refractivity contribution in [3.63, 3.8) is 0 Å². The molecule has 0 bridgehead atoms. The third-order valence-corrected chi connectivity index (χ3v) is 4.55. The summed E-state index contributed by atoms with van der Waals surface area (Å²) in [5.74, 6) is 0.893. The lowest BCUT2D eigenvalue weighted by atomic mass is 9.95. The molecule has 2 N–H and O–H groups in total. The molecule has 1 aliphatic rings. The molecule has 2 unspecified atom stereocenters. The van der Waals surface area contributed by atoms with E-state index < -0.39 is 0 Å². The molecule has 0 amide bonds. The van der Waals surface area contributed by atoms with Crippen molar-refractivity contribution in [2.45, 2.75) is 32.2 Å². The number of likely N-dealkylation sites (tertiary alicyclic amines) is 1. The summed E-state index contributed by atoms with van der Waals surface area (Å²) in [5, 5.41) is 2.11. The van der Waals surface area contributed by atoms with E-state index >= 15 is 0 Å². The van der Waals surface area contributed by atoms with E-state index in [1.54, 1.807) is 11.3 Å². The predicted octanol–water partition coefficient (Wildman–Crippen LogP) is 2.87. The number of hydrogen-bond donors (Lipinski definition) is 1. The van der Waals surface area contributed by atoms with Crippen molar-refractivity contribution in [1.29, 1.82) is 0 Å². The Morgan fingerprint density at radius 3 is 3.19 bits per heavy atom. The Balaban J connectivity index is 1.84. The lowest BCUT2D eigenvalue weighted by Crippen LogP contribution is -2.39. The normalized spacial score (nSPS) is 24.5. The zero-order valence-electron chi connectivity index (χ0n) is 10.1. The fourth-order valence-electron chi connectivity index (χ4n) is 2.52. The molecule has 2 atom stereocenters. The van der Waals surface area contributed by atoms with Gasteiger partial charge in [0.2, 0.25) is 0 Å². The zero-order valence-corrected chi connectivity index (χ0v) is 10.9. The van der Waals surface area contributed by atoms with Gasteiger partial charge in [-0.3, -0.25) is 0 Å². The molecule has 0 aliphatic carbocycles. The molecule has 3 heteroatoms. The fourth-order valence-corrected chi connectivity index (χ4v) is 3.24. The highest BCUT2D eigenvalue weighted by Crippen LogP contribution is 2.23. The number of hydrogen-bond acceptors (Lipinski definition) is 3. The molecule has 16 heavy (non-hydrogen) atoms. The zero-order chi connectivity index (χ0) is 11.4. The lowest BCUT2D eigenvalue weighted by Gasteiger charge is -2.33. The van der Waals surface area contributed by atoms with Crippen LogP contribution in [0.25, 0.3) is 0 Å². The van der Waals surface area contributed by atoms with Crippen LogP contribution in [0.15, 0.2) is 17.5 Å². The van der Waals surface area contributed by atoms with Crippen molar-refractivity contribution in [3.8, 4) is 0 Å². The molecule has 0 aromatic carbocycles. The van der Waals surface area contributed by atoms with E-state index in [0.29, 0.717) is 0 Å². The second kappa shape index (κ2) is 5.80. The summed E-state index contributed by atoms with van der Waals surface area (Å²) in [5.41, 5.74) is 6.23. The first-order chi connectivity index (χ1) is 7.79. The maximum Gasteiger partial charge on any atom is 0.0519 e. The van der Waals surface area contributed by atoms with Gasteiger partial charge < -0.3 is 10.6 Å². The van der Waals surface area contributed by atoms with Crippen molar-refractivity contribution in [2.75, 3.05) is 19.6 Å². The topological polar surface area (TPSA) is 29.3 Å². The van der Waals surface area contributed by atoms with Crippen LogP contribution in [0.3, 0.4) is 0 Å². The average Bonchev–Trinajstić information content (AvgIpc) is 2.83. The molecule has 0 radical (unpaired) electrons. The SMILES string of the molecule is CCC1CCCN(CC(N)c2cccs2)C1. The Labute approximate surface area is 102 Å². The van der Waals surface area contributed by atoms with Gasteiger partial charge in [-0.05, 0) is 36.8 Å². The molecular formula is C13H22N2S. The largest absolute Gasteiger partial charge is 0.322 e. The highest BCUT2D eigenvalue weighted by Gasteiger charge is 2.20. The minimum Gasteiger partial charge on any atom is -0.322 e. The van der Waals surface area contributed by atoms with Gasteiger partial charge in [0.1, 0.15) is 0 Å². The van der Waals surface area contributed by atoms with E-state index in [9.17, 15) is 0 Å². The van der Waals surface area contributed by atoms with E-state index in [-0.39, 0.29) is 6.04 Å². The summed E-state index contributed by atoms with van der Waals surface area (Å²) in [6.07, 6.45) is 4.06. The van der Waals surface area contributed by atoms with Crippen LogP contribution in [-0.2, 0) is 0 Å². The van der Waals surface area contributed by atoms with Crippen molar-refractivity contribution >= 4 is 11.3 Å². The quantitative estimate of drug-likeness (QED) is 0.874. The van der Waals surface area contributed by atoms with Gasteiger partial charge in [-0.2, -0.15) is 0 Å². The summed E-state index contributed by atoms with van der Waals surface area (Å²) in [6, 6.07) is 4.44. The molecule has 0 spiro atoms. The standard InChI is InChI=1S/C13H22N2S/c1-2-11-5-3-7-15(9-11)10-12(14)13-6-4-8-16-13/h4,6,8,11-12H,2-3,5,7,9-10,14H2,1H3. The van der Waals surface area contributed by atoms with Crippen molar-refractivity contribution in [1.82, 2.24) is 4.90 Å². The molecule has 0 saturated carbocycles. The molecule has 1 saturated heterocycles. The van der Waals surface area contributed by atoms with Crippen LogP contribution >= 0.6 is 11.3 Å². The number of nitrogens with zero attached hydrogens (tertiary/aromatic N) is 1. The third kappa shape index (κ3) is 3.06. The van der Waals surface area contributed by atoms with E-state index in [1.807, 2.05) is 0 Å². The number of piperidine rings is 1. The first-order valence-corrected chi connectivity index (χ1v) is 7.19. The van der Waals surface area contributed by atoms with Crippen LogP contribution in [0, 0.1) is 5.92 Å². The highest BCUT2D eigenvalue weighted by atomic mass is 32.1. The first kappa shape index (κ1) is 12.1. The molecule has 2 rings (SSSR count). The second-order valence-electron chi connectivity index (χ2n) is 4.80. The van der Waals surface area contributed by atoms with Crippen LogP contribution in [0.1, 0.15) is 37.1 Å². The predicted molar refractivity (Wildman–Crippen MR) is 70.7 cm³/mol. The van der Waals surface area contributed by atoms with Gasteiger partial charge in [-0.25, -0.2) is 0 Å². The van der Waals surface area contributed by atoms with Gasteiger partial charge >= 0.3 is 0 Å². The second-order valence-corrected chi connectivity index (χ2v) is 5.78. The van der Waals surface area contributed by atoms with Gasteiger partial charge in [-0.1, -0.05) is 19.4 Å². The van der Waals surface area contributed by atoms with Crippen LogP contribution < -0.4 is 5.73 Å². The smallest absolute Gasteiger partial charge is 0.0519 e. The molecular weight excluding hydrogens is 216 g/mol. The van der Waals surface area contributed by atoms with E-state index in [0.717, 1.165) is 12.5 Å². The van der Waals surface area contributed by atoms with Gasteiger partial charge in [-0.15, -0.1) is 11.3 Å². The van der Waals surface area contributed by atoms with Gasteiger partial charge in [0.15, 0.2) is 0 Å². The molecule has 1 fully saturated rings. The molecule has 2 heterocycles. The molecule has 90 valence electrons. The van der Waals surface area contributed by atoms with Gasteiger partial charge in [0.05, 0.1) is 6.04 Å². The lowest BCUT2D eigenvalue weighted by molar-refractivity contribution is 0.164. The van der Waals surface area contributed by atoms with E-state index in [1.165, 1.54) is 37.2 Å². The average molecular weight is 238 g/mol. The summed E-state index contributed by atoms with van der Waals surface area (Å²) in [6.45, 7) is 5.80. The monoisotopic (exact) mass is 238 g/mol. The Morgan fingerprint density at radius 2 is 2.50 bits per heavy atom. The first-order valence-electron chi connectivity index (χ1n) is 6.31. The van der Waals surface area contributed by atoms with E-state index in [4.69, 9.17) is 5.73 Å². The summed E-state index contributed by atoms with van der Waals surface area (Å²) in [7, 11) is 0. The summed E-state index contributed by atoms with van der Waals surface area (Å²) < 4.78 is 0. The third-order valence-electron chi connectivity index (χ3n) is 3.54. The Kier molecular flexibility index (Phi) is 4.38. The van der Waals surface area contributed by atoms with Crippen LogP contribution in [0.4, 0.5) is 0 Å². The number of nitrogens with two attached hydrogens (primary N) is 1. The molecule has 1 aliphatic heterocycles. The van der Waals surface area contributed by atoms with Crippen LogP contribution in [0.5, 0.6) is 0 Å².